The minimum absolute atomic E-state index is 0.203. The molecule has 0 aliphatic carbocycles. The van der Waals surface area contributed by atoms with Crippen LogP contribution in [0.15, 0.2) is 37.6 Å². The topological polar surface area (TPSA) is 129 Å². The lowest BCUT2D eigenvalue weighted by Crippen LogP contribution is -2.45. The maximum absolute atomic E-state index is 12.7. The molecule has 1 N–H and O–H groups in total. The summed E-state index contributed by atoms with van der Waals surface area (Å²) in [6.07, 6.45) is 5.40. The van der Waals surface area contributed by atoms with Gasteiger partial charge in [0.1, 0.15) is 17.6 Å². The highest BCUT2D eigenvalue weighted by Gasteiger charge is 2.37. The summed E-state index contributed by atoms with van der Waals surface area (Å²) in [5, 5.41) is 24.0. The normalized spacial score (nSPS) is 16.8. The molecule has 1 aliphatic rings. The second-order valence-corrected chi connectivity index (χ2v) is 13.0. The van der Waals surface area contributed by atoms with Crippen molar-refractivity contribution in [3.05, 3.63) is 60.2 Å². The molecule has 1 aliphatic heterocycles. The van der Waals surface area contributed by atoms with Crippen molar-refractivity contribution in [3.63, 3.8) is 0 Å². The quantitative estimate of drug-likeness (QED) is 0.247. The number of aliphatic carboxylic acids is 1. The number of carboxylic acid groups (broad SMARTS) is 1. The van der Waals surface area contributed by atoms with E-state index in [4.69, 9.17) is 24.3 Å². The highest BCUT2D eigenvalue weighted by molar-refractivity contribution is 5.78. The number of rotatable bonds is 14. The van der Waals surface area contributed by atoms with Gasteiger partial charge in [0.15, 0.2) is 11.8 Å². The van der Waals surface area contributed by atoms with Crippen molar-refractivity contribution >= 4 is 17.4 Å². The zero-order valence-electron chi connectivity index (χ0n) is 27.1. The first-order valence-electron chi connectivity index (χ1n) is 15.2. The van der Waals surface area contributed by atoms with Gasteiger partial charge in [-0.05, 0) is 53.4 Å². The maximum atomic E-state index is 12.7. The number of anilines is 1. The molecule has 0 saturated carbocycles. The molecule has 1 fully saturated rings. The first-order chi connectivity index (χ1) is 20.7. The van der Waals surface area contributed by atoms with Gasteiger partial charge in [-0.2, -0.15) is 9.61 Å². The lowest BCUT2D eigenvalue weighted by atomic mass is 9.92. The second-order valence-electron chi connectivity index (χ2n) is 13.0. The van der Waals surface area contributed by atoms with Gasteiger partial charge in [-0.1, -0.05) is 31.2 Å². The number of hydrogen-bond donors (Lipinski definition) is 1. The Labute approximate surface area is 259 Å². The number of nitrogens with zero attached hydrogens (tertiary/aromatic N) is 7. The summed E-state index contributed by atoms with van der Waals surface area (Å²) < 4.78 is 21.6. The third-order valence-electron chi connectivity index (χ3n) is 7.65. The number of aromatic nitrogens is 6. The maximum Gasteiger partial charge on any atom is 0.337 e. The van der Waals surface area contributed by atoms with Crippen molar-refractivity contribution in [2.45, 2.75) is 91.3 Å². The van der Waals surface area contributed by atoms with E-state index in [9.17, 15) is 9.90 Å². The van der Waals surface area contributed by atoms with Crippen molar-refractivity contribution in [1.29, 1.82) is 0 Å². The van der Waals surface area contributed by atoms with Crippen molar-refractivity contribution in [3.8, 4) is 0 Å². The third kappa shape index (κ3) is 7.72. The van der Waals surface area contributed by atoms with E-state index in [0.717, 1.165) is 18.5 Å². The van der Waals surface area contributed by atoms with Crippen LogP contribution < -0.4 is 4.90 Å². The highest BCUT2D eigenvalue weighted by Crippen LogP contribution is 2.37. The van der Waals surface area contributed by atoms with Gasteiger partial charge in [-0.3, -0.25) is 0 Å². The van der Waals surface area contributed by atoms with Crippen LogP contribution >= 0.6 is 0 Å². The predicted octanol–water partition coefficient (Wildman–Crippen LogP) is 5.08. The smallest absolute Gasteiger partial charge is 0.337 e. The molecular weight excluding hydrogens is 562 g/mol. The minimum atomic E-state index is -1.23. The van der Waals surface area contributed by atoms with Crippen molar-refractivity contribution in [2.24, 2.45) is 5.92 Å². The van der Waals surface area contributed by atoms with Crippen LogP contribution in [0.2, 0.25) is 0 Å². The van der Waals surface area contributed by atoms with Crippen LogP contribution in [0.5, 0.6) is 0 Å². The van der Waals surface area contributed by atoms with Crippen LogP contribution in [0.4, 0.5) is 5.82 Å². The molecule has 0 bridgehead atoms. The minimum Gasteiger partial charge on any atom is -0.479 e. The molecule has 4 heterocycles. The number of aryl methyl sites for hydroxylation is 1. The summed E-state index contributed by atoms with van der Waals surface area (Å²) in [4.78, 5) is 19.7. The molecule has 0 aromatic carbocycles. The van der Waals surface area contributed by atoms with E-state index in [1.165, 1.54) is 0 Å². The number of piperidine rings is 1. The van der Waals surface area contributed by atoms with Crippen LogP contribution in [0.3, 0.4) is 0 Å². The van der Waals surface area contributed by atoms with Gasteiger partial charge in [0.25, 0.3) is 0 Å². The molecular formula is C32H47N7O5. The lowest BCUT2D eigenvalue weighted by Gasteiger charge is -2.41. The summed E-state index contributed by atoms with van der Waals surface area (Å²) >= 11 is 0. The average Bonchev–Trinajstić information content (AvgIpc) is 3.56. The Hall–Kier alpha value is -3.61. The van der Waals surface area contributed by atoms with Crippen molar-refractivity contribution < 1.29 is 24.1 Å². The third-order valence-corrected chi connectivity index (χ3v) is 7.65. The van der Waals surface area contributed by atoms with Gasteiger partial charge in [0.2, 0.25) is 0 Å². The Morgan fingerprint density at radius 3 is 2.45 bits per heavy atom. The Balaban J connectivity index is 1.75. The highest BCUT2D eigenvalue weighted by atomic mass is 16.5. The number of hydrogen-bond acceptors (Lipinski definition) is 9. The molecule has 3 aromatic heterocycles. The van der Waals surface area contributed by atoms with Crippen LogP contribution in [0.25, 0.3) is 5.65 Å². The molecule has 12 nitrogen and oxygen atoms in total. The summed E-state index contributed by atoms with van der Waals surface area (Å²) in [6, 6.07) is 1.90. The largest absolute Gasteiger partial charge is 0.479 e. The van der Waals surface area contributed by atoms with E-state index in [-0.39, 0.29) is 17.6 Å². The van der Waals surface area contributed by atoms with E-state index in [1.54, 1.807) is 21.3 Å². The van der Waals surface area contributed by atoms with E-state index < -0.39 is 17.7 Å². The molecule has 12 heteroatoms. The summed E-state index contributed by atoms with van der Waals surface area (Å²) in [5.41, 5.74) is 2.12. The average molecular weight is 610 g/mol. The standard InChI is InChI=1S/C32H47N7O5/c1-10-16-42-27(21(3)4)24-20-38(36-34-24)19-23-18-25-33-22(5)26(28(30(40)41)44-31(6,7)8)29(39(25)35-23)37-14-12-32(9,13-15-37)43-17-11-2/h10-11,18,20-21,27-28H,1-2,12-17,19H2,3-9H3,(H,40,41). The second kappa shape index (κ2) is 13.6. The summed E-state index contributed by atoms with van der Waals surface area (Å²) in [6.45, 7) is 23.7. The number of carboxylic acids is 1. The number of carbonyl (C=O) groups is 1. The molecule has 0 amide bonds. The van der Waals surface area contributed by atoms with Crippen molar-refractivity contribution in [1.82, 2.24) is 29.6 Å². The van der Waals surface area contributed by atoms with Crippen LogP contribution in [-0.2, 0) is 25.5 Å². The fourth-order valence-corrected chi connectivity index (χ4v) is 5.51. The Morgan fingerprint density at radius 1 is 1.18 bits per heavy atom. The SMILES string of the molecule is C=CCOC(c1cn(Cc2cc3nc(C)c(C(OC(C)(C)C)C(=O)O)c(N4CCC(C)(OCC=C)CC4)n3n2)nn1)C(C)C. The van der Waals surface area contributed by atoms with E-state index >= 15 is 0 Å². The zero-order chi connectivity index (χ0) is 32.2. The fourth-order valence-electron chi connectivity index (χ4n) is 5.51. The molecule has 44 heavy (non-hydrogen) atoms. The van der Waals surface area contributed by atoms with Gasteiger partial charge >= 0.3 is 5.97 Å². The Morgan fingerprint density at radius 2 is 1.86 bits per heavy atom. The van der Waals surface area contributed by atoms with Gasteiger partial charge in [-0.25, -0.2) is 14.5 Å². The predicted molar refractivity (Wildman–Crippen MR) is 168 cm³/mol. The molecule has 1 saturated heterocycles. The van der Waals surface area contributed by atoms with Gasteiger partial charge in [-0.15, -0.1) is 18.3 Å². The van der Waals surface area contributed by atoms with Crippen LogP contribution in [0, 0.1) is 12.8 Å². The Kier molecular flexibility index (Phi) is 10.3. The monoisotopic (exact) mass is 609 g/mol. The van der Waals surface area contributed by atoms with Crippen LogP contribution in [-0.4, -0.2) is 78.2 Å². The van der Waals surface area contributed by atoms with E-state index in [0.29, 0.717) is 61.3 Å². The summed E-state index contributed by atoms with van der Waals surface area (Å²) in [5.74, 6) is -0.213. The number of ether oxygens (including phenoxy) is 3. The molecule has 240 valence electrons. The van der Waals surface area contributed by atoms with E-state index in [2.05, 4.69) is 49.1 Å². The van der Waals surface area contributed by atoms with Crippen molar-refractivity contribution in [2.75, 3.05) is 31.2 Å². The first kappa shape index (κ1) is 33.3. The molecule has 4 rings (SSSR count). The molecule has 2 atom stereocenters. The zero-order valence-corrected chi connectivity index (χ0v) is 27.1. The van der Waals surface area contributed by atoms with Gasteiger partial charge < -0.3 is 24.2 Å². The van der Waals surface area contributed by atoms with E-state index in [1.807, 2.05) is 40.0 Å². The Bertz CT molecular complexity index is 1460. The molecule has 3 aromatic rings. The molecule has 0 radical (unpaired) electrons. The molecule has 0 spiro atoms. The summed E-state index contributed by atoms with van der Waals surface area (Å²) in [7, 11) is 0. The lowest BCUT2D eigenvalue weighted by molar-refractivity contribution is -0.160. The van der Waals surface area contributed by atoms with Gasteiger partial charge in [0, 0.05) is 24.8 Å². The molecule has 2 unspecified atom stereocenters. The van der Waals surface area contributed by atoms with Gasteiger partial charge in [0.05, 0.1) is 48.4 Å². The number of fused-ring (bicyclic) bond motifs is 1. The van der Waals surface area contributed by atoms with Crippen LogP contribution in [0.1, 0.15) is 89.2 Å². The fraction of sp³-hybridized carbons (Fsp3) is 0.594. The first-order valence-corrected chi connectivity index (χ1v) is 15.2.